The van der Waals surface area contributed by atoms with Crippen molar-refractivity contribution < 1.29 is 0 Å². The average Bonchev–Trinajstić information content (AvgIpc) is 2.96. The van der Waals surface area contributed by atoms with Crippen LogP contribution in [0.25, 0.3) is 6.08 Å². The van der Waals surface area contributed by atoms with Gasteiger partial charge in [-0.2, -0.15) is 0 Å². The van der Waals surface area contributed by atoms with Crippen molar-refractivity contribution in [2.45, 2.75) is 39.8 Å². The Labute approximate surface area is 234 Å². The van der Waals surface area contributed by atoms with E-state index in [2.05, 4.69) is 158 Å². The van der Waals surface area contributed by atoms with Gasteiger partial charge in [-0.1, -0.05) is 144 Å². The summed E-state index contributed by atoms with van der Waals surface area (Å²) in [4.78, 5) is 2.47. The van der Waals surface area contributed by atoms with E-state index in [9.17, 15) is 0 Å². The fourth-order valence-corrected chi connectivity index (χ4v) is 4.96. The third kappa shape index (κ3) is 7.82. The summed E-state index contributed by atoms with van der Waals surface area (Å²) in [7, 11) is 0. The minimum Gasteiger partial charge on any atom is -0.363 e. The molecule has 194 valence electrons. The Morgan fingerprint density at radius 3 is 1.36 bits per heavy atom. The predicted octanol–water partition coefficient (Wildman–Crippen LogP) is 9.38. The molecule has 0 fully saturated rings. The van der Waals surface area contributed by atoms with Crippen LogP contribution in [-0.2, 0) is 25.9 Å². The van der Waals surface area contributed by atoms with Gasteiger partial charge in [0.25, 0.3) is 0 Å². The highest BCUT2D eigenvalue weighted by Crippen LogP contribution is 2.24. The first-order valence-electron chi connectivity index (χ1n) is 13.8. The summed E-state index contributed by atoms with van der Waals surface area (Å²) in [5.41, 5.74) is 11.8. The van der Waals surface area contributed by atoms with Crippen molar-refractivity contribution in [1.29, 1.82) is 0 Å². The van der Waals surface area contributed by atoms with Gasteiger partial charge in [0.1, 0.15) is 0 Å². The van der Waals surface area contributed by atoms with Crippen molar-refractivity contribution in [3.8, 4) is 0 Å². The number of hydrogen-bond donors (Lipinski definition) is 0. The molecule has 0 spiro atoms. The Balaban J connectivity index is 1.40. The van der Waals surface area contributed by atoms with E-state index in [1.807, 2.05) is 0 Å². The highest BCUT2D eigenvalue weighted by atomic mass is 15.1. The number of rotatable bonds is 10. The van der Waals surface area contributed by atoms with Crippen LogP contribution in [-0.4, -0.2) is 0 Å². The highest BCUT2D eigenvalue weighted by molar-refractivity contribution is 5.59. The van der Waals surface area contributed by atoms with E-state index in [0.29, 0.717) is 0 Å². The molecule has 0 radical (unpaired) electrons. The first kappa shape index (κ1) is 26.3. The van der Waals surface area contributed by atoms with Crippen molar-refractivity contribution in [2.24, 2.45) is 0 Å². The number of aryl methyl sites for hydroxylation is 2. The van der Waals surface area contributed by atoms with Gasteiger partial charge in [-0.05, 0) is 66.6 Å². The first-order chi connectivity index (χ1) is 19.1. The van der Waals surface area contributed by atoms with Crippen molar-refractivity contribution >= 4 is 11.8 Å². The molecule has 0 saturated carbocycles. The van der Waals surface area contributed by atoms with Gasteiger partial charge in [-0.15, -0.1) is 0 Å². The Kier molecular flexibility index (Phi) is 8.71. The molecular formula is C38H37N. The van der Waals surface area contributed by atoms with E-state index in [1.54, 1.807) is 0 Å². The SMILES string of the molecule is Cc1ccc(CN(Cc2ccc(C)cc2)c2ccc(C=C(Cc3ccccc3)Cc3ccccc3)cc2)cc1. The van der Waals surface area contributed by atoms with Crippen LogP contribution in [0, 0.1) is 13.8 Å². The molecule has 0 aliphatic heterocycles. The minimum absolute atomic E-state index is 0.872. The Morgan fingerprint density at radius 1 is 0.487 bits per heavy atom. The third-order valence-electron chi connectivity index (χ3n) is 7.17. The molecular weight excluding hydrogens is 470 g/mol. The smallest absolute Gasteiger partial charge is 0.0433 e. The van der Waals surface area contributed by atoms with Gasteiger partial charge in [0.05, 0.1) is 0 Å². The molecule has 0 heterocycles. The minimum atomic E-state index is 0.872. The second-order valence-electron chi connectivity index (χ2n) is 10.5. The monoisotopic (exact) mass is 507 g/mol. The lowest BCUT2D eigenvalue weighted by Gasteiger charge is -2.26. The van der Waals surface area contributed by atoms with Gasteiger partial charge in [-0.25, -0.2) is 0 Å². The molecule has 0 aromatic heterocycles. The molecule has 1 heteroatoms. The van der Waals surface area contributed by atoms with Crippen molar-refractivity contribution in [2.75, 3.05) is 4.90 Å². The first-order valence-corrected chi connectivity index (χ1v) is 13.8. The van der Waals surface area contributed by atoms with E-state index in [4.69, 9.17) is 0 Å². The quantitative estimate of drug-likeness (QED) is 0.182. The molecule has 5 aromatic carbocycles. The molecule has 0 unspecified atom stereocenters. The normalized spacial score (nSPS) is 10.7. The molecule has 5 rings (SSSR count). The van der Waals surface area contributed by atoms with E-state index in [-0.39, 0.29) is 0 Å². The summed E-state index contributed by atoms with van der Waals surface area (Å²) in [6.07, 6.45) is 4.27. The fourth-order valence-electron chi connectivity index (χ4n) is 4.96. The molecule has 0 aliphatic rings. The van der Waals surface area contributed by atoms with Gasteiger partial charge in [-0.3, -0.25) is 0 Å². The lowest BCUT2D eigenvalue weighted by Crippen LogP contribution is -2.22. The van der Waals surface area contributed by atoms with Crippen LogP contribution in [0.15, 0.2) is 139 Å². The molecule has 1 nitrogen and oxygen atoms in total. The summed E-state index contributed by atoms with van der Waals surface area (Å²) >= 11 is 0. The largest absolute Gasteiger partial charge is 0.363 e. The summed E-state index contributed by atoms with van der Waals surface area (Å²) in [6.45, 7) is 6.03. The van der Waals surface area contributed by atoms with Gasteiger partial charge >= 0.3 is 0 Å². The molecule has 39 heavy (non-hydrogen) atoms. The highest BCUT2D eigenvalue weighted by Gasteiger charge is 2.10. The summed E-state index contributed by atoms with van der Waals surface area (Å²) in [5.74, 6) is 0. The van der Waals surface area contributed by atoms with Crippen molar-refractivity contribution in [3.63, 3.8) is 0 Å². The van der Waals surface area contributed by atoms with Gasteiger partial charge in [0, 0.05) is 18.8 Å². The number of nitrogens with zero attached hydrogens (tertiary/aromatic N) is 1. The van der Waals surface area contributed by atoms with Crippen LogP contribution in [0.3, 0.4) is 0 Å². The van der Waals surface area contributed by atoms with Gasteiger partial charge in [0.15, 0.2) is 0 Å². The maximum Gasteiger partial charge on any atom is 0.0433 e. The molecule has 0 saturated heterocycles. The maximum atomic E-state index is 2.47. The molecule has 0 N–H and O–H groups in total. The van der Waals surface area contributed by atoms with Crippen LogP contribution in [0.4, 0.5) is 5.69 Å². The zero-order valence-electron chi connectivity index (χ0n) is 23.1. The average molecular weight is 508 g/mol. The molecule has 0 bridgehead atoms. The summed E-state index contributed by atoms with van der Waals surface area (Å²) < 4.78 is 0. The van der Waals surface area contributed by atoms with Crippen LogP contribution < -0.4 is 4.90 Å². The number of allylic oxidation sites excluding steroid dienone is 1. The van der Waals surface area contributed by atoms with E-state index < -0.39 is 0 Å². The second-order valence-corrected chi connectivity index (χ2v) is 10.5. The second kappa shape index (κ2) is 12.9. The Hall–Kier alpha value is -4.36. The molecule has 0 amide bonds. The number of benzene rings is 5. The fraction of sp³-hybridized carbons (Fsp3) is 0.158. The molecule has 0 atom stereocenters. The van der Waals surface area contributed by atoms with Crippen LogP contribution in [0.5, 0.6) is 0 Å². The summed E-state index contributed by atoms with van der Waals surface area (Å²) in [5, 5.41) is 0. The van der Waals surface area contributed by atoms with Crippen LogP contribution in [0.2, 0.25) is 0 Å². The molecule has 5 aromatic rings. The van der Waals surface area contributed by atoms with Crippen molar-refractivity contribution in [1.82, 2.24) is 0 Å². The van der Waals surface area contributed by atoms with Crippen LogP contribution in [0.1, 0.15) is 38.9 Å². The van der Waals surface area contributed by atoms with Gasteiger partial charge in [0.2, 0.25) is 0 Å². The predicted molar refractivity (Wildman–Crippen MR) is 167 cm³/mol. The van der Waals surface area contributed by atoms with Gasteiger partial charge < -0.3 is 4.90 Å². The standard InChI is InChI=1S/C38H37N/c1-30-13-17-35(18-14-30)28-39(29-36-19-15-31(2)16-20-36)38-23-21-34(22-24-38)27-37(25-32-9-5-3-6-10-32)26-33-11-7-4-8-12-33/h3-24,27H,25-26,28-29H2,1-2H3. The maximum absolute atomic E-state index is 2.47. The lowest BCUT2D eigenvalue weighted by atomic mass is 9.96. The van der Waals surface area contributed by atoms with Crippen molar-refractivity contribution in [3.05, 3.63) is 178 Å². The summed E-state index contributed by atoms with van der Waals surface area (Å²) in [6, 6.07) is 48.4. The van der Waals surface area contributed by atoms with E-state index in [0.717, 1.165) is 25.9 Å². The molecule has 0 aliphatic carbocycles. The number of hydrogen-bond acceptors (Lipinski definition) is 1. The Morgan fingerprint density at radius 2 is 0.923 bits per heavy atom. The Bertz CT molecular complexity index is 1370. The topological polar surface area (TPSA) is 3.24 Å². The number of anilines is 1. The van der Waals surface area contributed by atoms with E-state index >= 15 is 0 Å². The zero-order valence-corrected chi connectivity index (χ0v) is 23.1. The third-order valence-corrected chi connectivity index (χ3v) is 7.17. The lowest BCUT2D eigenvalue weighted by molar-refractivity contribution is 0.799. The van der Waals surface area contributed by atoms with Crippen LogP contribution >= 0.6 is 0 Å². The van der Waals surface area contributed by atoms with E-state index in [1.165, 1.54) is 50.2 Å². The zero-order chi connectivity index (χ0) is 26.9.